The first-order valence-electron chi connectivity index (χ1n) is 8.54. The van der Waals surface area contributed by atoms with Crippen LogP contribution in [-0.2, 0) is 4.74 Å². The SMILES string of the molecule is CC(C)OC1(C(C)(C)C2=CCC=C2)CC=CC=C1C(C)(C)C. The van der Waals surface area contributed by atoms with E-state index in [1.54, 1.807) is 0 Å². The van der Waals surface area contributed by atoms with Crippen LogP contribution >= 0.6 is 0 Å². The molecule has 2 rings (SSSR count). The van der Waals surface area contributed by atoms with Crippen molar-refractivity contribution in [3.05, 3.63) is 47.6 Å². The average Bonchev–Trinajstić information content (AvgIpc) is 2.91. The van der Waals surface area contributed by atoms with E-state index in [0.29, 0.717) is 0 Å². The van der Waals surface area contributed by atoms with Gasteiger partial charge in [0, 0.05) is 5.41 Å². The summed E-state index contributed by atoms with van der Waals surface area (Å²) in [7, 11) is 0. The van der Waals surface area contributed by atoms with E-state index in [-0.39, 0.29) is 22.5 Å². The van der Waals surface area contributed by atoms with Crippen molar-refractivity contribution in [2.45, 2.75) is 73.0 Å². The lowest BCUT2D eigenvalue weighted by Crippen LogP contribution is -2.53. The minimum absolute atomic E-state index is 0.0614. The molecule has 0 heterocycles. The van der Waals surface area contributed by atoms with E-state index in [2.05, 4.69) is 84.9 Å². The van der Waals surface area contributed by atoms with Gasteiger partial charge in [0.25, 0.3) is 0 Å². The number of hydrogen-bond acceptors (Lipinski definition) is 1. The van der Waals surface area contributed by atoms with Gasteiger partial charge in [-0.3, -0.25) is 0 Å². The number of hydrogen-bond donors (Lipinski definition) is 0. The maximum atomic E-state index is 6.70. The van der Waals surface area contributed by atoms with Gasteiger partial charge in [0.2, 0.25) is 0 Å². The molecule has 0 bridgehead atoms. The highest BCUT2D eigenvalue weighted by Gasteiger charge is 2.53. The zero-order valence-electron chi connectivity index (χ0n) is 15.4. The molecule has 0 N–H and O–H groups in total. The summed E-state index contributed by atoms with van der Waals surface area (Å²) in [5, 5.41) is 0. The lowest BCUT2D eigenvalue weighted by molar-refractivity contribution is -0.118. The number of allylic oxidation sites excluding steroid dienone is 5. The molecule has 1 nitrogen and oxygen atoms in total. The molecule has 1 unspecified atom stereocenters. The molecule has 0 aromatic carbocycles. The van der Waals surface area contributed by atoms with Crippen LogP contribution in [0.4, 0.5) is 0 Å². The largest absolute Gasteiger partial charge is 0.367 e. The fraction of sp³-hybridized carbons (Fsp3) is 0.619. The van der Waals surface area contributed by atoms with Crippen molar-refractivity contribution in [3.63, 3.8) is 0 Å². The van der Waals surface area contributed by atoms with Crippen LogP contribution in [0.3, 0.4) is 0 Å². The maximum Gasteiger partial charge on any atom is 0.103 e. The Morgan fingerprint density at radius 2 is 1.77 bits per heavy atom. The van der Waals surface area contributed by atoms with Crippen LogP contribution in [0, 0.1) is 10.8 Å². The van der Waals surface area contributed by atoms with Gasteiger partial charge in [-0.1, -0.05) is 71.1 Å². The molecule has 1 atom stereocenters. The Bertz CT molecular complexity index is 535. The second-order valence-electron chi connectivity index (χ2n) is 8.38. The second-order valence-corrected chi connectivity index (χ2v) is 8.38. The Morgan fingerprint density at radius 3 is 2.27 bits per heavy atom. The summed E-state index contributed by atoms with van der Waals surface area (Å²) in [6.45, 7) is 15.9. The molecule has 0 amide bonds. The molecule has 1 heteroatoms. The minimum atomic E-state index is -0.283. The van der Waals surface area contributed by atoms with Crippen LogP contribution in [-0.4, -0.2) is 11.7 Å². The highest BCUT2D eigenvalue weighted by molar-refractivity contribution is 5.43. The van der Waals surface area contributed by atoms with E-state index >= 15 is 0 Å². The number of rotatable bonds is 4. The zero-order chi connectivity index (χ0) is 16.6. The summed E-state index contributed by atoms with van der Waals surface area (Å²) >= 11 is 0. The van der Waals surface area contributed by atoms with Crippen molar-refractivity contribution in [1.82, 2.24) is 0 Å². The molecule has 0 aliphatic heterocycles. The van der Waals surface area contributed by atoms with Crippen LogP contribution in [0.5, 0.6) is 0 Å². The van der Waals surface area contributed by atoms with E-state index in [1.165, 1.54) is 11.1 Å². The first-order valence-corrected chi connectivity index (χ1v) is 8.54. The smallest absolute Gasteiger partial charge is 0.103 e. The highest BCUT2D eigenvalue weighted by atomic mass is 16.5. The molecule has 2 aliphatic rings. The quantitative estimate of drug-likeness (QED) is 0.619. The van der Waals surface area contributed by atoms with Crippen LogP contribution in [0.15, 0.2) is 47.6 Å². The van der Waals surface area contributed by atoms with Gasteiger partial charge in [0.05, 0.1) is 6.10 Å². The van der Waals surface area contributed by atoms with Gasteiger partial charge in [-0.15, -0.1) is 0 Å². The van der Waals surface area contributed by atoms with Crippen LogP contribution in [0.2, 0.25) is 0 Å². The third-order valence-corrected chi connectivity index (χ3v) is 4.99. The Hall–Kier alpha value is -1.08. The minimum Gasteiger partial charge on any atom is -0.367 e. The molecule has 2 aliphatic carbocycles. The topological polar surface area (TPSA) is 9.23 Å². The highest BCUT2D eigenvalue weighted by Crippen LogP contribution is 2.54. The van der Waals surface area contributed by atoms with Crippen LogP contribution < -0.4 is 0 Å². The van der Waals surface area contributed by atoms with Crippen molar-refractivity contribution < 1.29 is 4.74 Å². The monoisotopic (exact) mass is 300 g/mol. The fourth-order valence-electron chi connectivity index (χ4n) is 3.91. The second kappa shape index (κ2) is 5.85. The van der Waals surface area contributed by atoms with Crippen molar-refractivity contribution in [2.75, 3.05) is 0 Å². The van der Waals surface area contributed by atoms with Gasteiger partial charge >= 0.3 is 0 Å². The number of ether oxygens (including phenoxy) is 1. The third kappa shape index (κ3) is 2.88. The van der Waals surface area contributed by atoms with Gasteiger partial charge in [0.15, 0.2) is 0 Å². The van der Waals surface area contributed by atoms with E-state index < -0.39 is 0 Å². The van der Waals surface area contributed by atoms with Gasteiger partial charge in [0.1, 0.15) is 5.60 Å². The Kier molecular flexibility index (Phi) is 4.59. The van der Waals surface area contributed by atoms with Crippen LogP contribution in [0.1, 0.15) is 61.3 Å². The molecule has 0 aromatic heterocycles. The Morgan fingerprint density at radius 1 is 1.09 bits per heavy atom. The van der Waals surface area contributed by atoms with E-state index in [1.807, 2.05) is 0 Å². The molecule has 0 radical (unpaired) electrons. The van der Waals surface area contributed by atoms with Crippen molar-refractivity contribution >= 4 is 0 Å². The first kappa shape index (κ1) is 17.3. The summed E-state index contributed by atoms with van der Waals surface area (Å²) in [6, 6.07) is 0. The lowest BCUT2D eigenvalue weighted by Gasteiger charge is -2.53. The molecule has 22 heavy (non-hydrogen) atoms. The average molecular weight is 300 g/mol. The van der Waals surface area contributed by atoms with Gasteiger partial charge in [-0.25, -0.2) is 0 Å². The standard InChI is InChI=1S/C21H32O/c1-16(2)22-21(20(6,7)17-12-8-9-13-17)15-11-10-14-18(21)19(3,4)5/h8,10-14,16H,9,15H2,1-7H3. The zero-order valence-corrected chi connectivity index (χ0v) is 15.4. The fourth-order valence-corrected chi connectivity index (χ4v) is 3.91. The predicted molar refractivity (Wildman–Crippen MR) is 95.9 cm³/mol. The van der Waals surface area contributed by atoms with E-state index in [9.17, 15) is 0 Å². The molecule has 0 saturated heterocycles. The van der Waals surface area contributed by atoms with Crippen molar-refractivity contribution in [1.29, 1.82) is 0 Å². The van der Waals surface area contributed by atoms with E-state index in [4.69, 9.17) is 4.74 Å². The summed E-state index contributed by atoms with van der Waals surface area (Å²) < 4.78 is 6.70. The van der Waals surface area contributed by atoms with Gasteiger partial charge in [-0.05, 0) is 43.3 Å². The van der Waals surface area contributed by atoms with Crippen molar-refractivity contribution in [2.24, 2.45) is 10.8 Å². The van der Waals surface area contributed by atoms with Crippen LogP contribution in [0.25, 0.3) is 0 Å². The predicted octanol–water partition coefficient (Wildman–Crippen LogP) is 6.00. The summed E-state index contributed by atoms with van der Waals surface area (Å²) in [6.07, 6.45) is 15.8. The van der Waals surface area contributed by atoms with Gasteiger partial charge < -0.3 is 4.74 Å². The molecule has 122 valence electrons. The van der Waals surface area contributed by atoms with Gasteiger partial charge in [-0.2, -0.15) is 0 Å². The Balaban J connectivity index is 2.60. The summed E-state index contributed by atoms with van der Waals surface area (Å²) in [5.41, 5.74) is 2.55. The third-order valence-electron chi connectivity index (χ3n) is 4.99. The molecule has 0 saturated carbocycles. The van der Waals surface area contributed by atoms with E-state index in [0.717, 1.165) is 12.8 Å². The Labute approximate surface area is 136 Å². The summed E-state index contributed by atoms with van der Waals surface area (Å²) in [5.74, 6) is 0. The molecule has 0 fully saturated rings. The molecule has 0 aromatic rings. The molecule has 0 spiro atoms. The molecular formula is C21H32O. The molecular weight excluding hydrogens is 268 g/mol. The summed E-state index contributed by atoms with van der Waals surface area (Å²) in [4.78, 5) is 0. The lowest BCUT2D eigenvalue weighted by atomic mass is 9.58. The normalized spacial score (nSPS) is 25.6. The maximum absolute atomic E-state index is 6.70. The van der Waals surface area contributed by atoms with Crippen molar-refractivity contribution in [3.8, 4) is 0 Å². The first-order chi connectivity index (χ1) is 10.1.